The molecule has 0 heterocycles. The van der Waals surface area contributed by atoms with E-state index in [2.05, 4.69) is 15.9 Å². The Morgan fingerprint density at radius 2 is 2.07 bits per heavy atom. The van der Waals surface area contributed by atoms with Gasteiger partial charge in [-0.3, -0.25) is 0 Å². The van der Waals surface area contributed by atoms with Crippen LogP contribution in [0, 0.1) is 0 Å². The van der Waals surface area contributed by atoms with Gasteiger partial charge in [0, 0.05) is 6.61 Å². The molecule has 15 heavy (non-hydrogen) atoms. The molecule has 0 aliphatic rings. The third-order valence-corrected chi connectivity index (χ3v) is 2.67. The number of ether oxygens (including phenoxy) is 1. The molecule has 0 unspecified atom stereocenters. The minimum atomic E-state index is 0.247. The largest absolute Gasteiger partial charge is 0.490 e. The first kappa shape index (κ1) is 12.3. The fourth-order valence-electron chi connectivity index (χ4n) is 1.24. The Bertz CT molecular complexity index is 284. The van der Waals surface area contributed by atoms with Gasteiger partial charge in [-0.25, -0.2) is 0 Å². The lowest BCUT2D eigenvalue weighted by atomic mass is 10.2. The molecule has 0 fully saturated rings. The van der Waals surface area contributed by atoms with E-state index in [0.29, 0.717) is 18.0 Å². The summed E-state index contributed by atoms with van der Waals surface area (Å²) >= 11 is 3.38. The van der Waals surface area contributed by atoms with Crippen LogP contribution in [0.15, 0.2) is 22.7 Å². The molecule has 0 amide bonds. The number of nitrogen functional groups attached to an aromatic ring is 1. The average Bonchev–Trinajstić information content (AvgIpc) is 2.21. The third kappa shape index (κ3) is 4.10. The molecule has 1 aromatic carbocycles. The van der Waals surface area contributed by atoms with Gasteiger partial charge in [0.25, 0.3) is 0 Å². The van der Waals surface area contributed by atoms with E-state index in [-0.39, 0.29) is 6.61 Å². The van der Waals surface area contributed by atoms with Crippen LogP contribution in [-0.2, 0) is 0 Å². The van der Waals surface area contributed by atoms with Crippen LogP contribution >= 0.6 is 15.9 Å². The van der Waals surface area contributed by atoms with E-state index in [1.54, 1.807) is 0 Å². The van der Waals surface area contributed by atoms with Gasteiger partial charge in [-0.2, -0.15) is 0 Å². The van der Waals surface area contributed by atoms with Crippen molar-refractivity contribution in [2.24, 2.45) is 0 Å². The van der Waals surface area contributed by atoms with E-state index in [9.17, 15) is 0 Å². The van der Waals surface area contributed by atoms with Crippen molar-refractivity contribution in [1.29, 1.82) is 0 Å². The summed E-state index contributed by atoms with van der Waals surface area (Å²) in [6.45, 7) is 0.879. The lowest BCUT2D eigenvalue weighted by molar-refractivity contribution is 0.266. The fourth-order valence-corrected chi connectivity index (χ4v) is 1.74. The van der Waals surface area contributed by atoms with Crippen LogP contribution in [0.25, 0.3) is 0 Å². The molecule has 1 aromatic rings. The summed E-state index contributed by atoms with van der Waals surface area (Å²) < 4.78 is 6.44. The Kier molecular flexibility index (Phi) is 5.50. The Morgan fingerprint density at radius 1 is 1.27 bits per heavy atom. The number of nitrogens with two attached hydrogens (primary N) is 1. The third-order valence-electron chi connectivity index (χ3n) is 2.05. The molecule has 1 rings (SSSR count). The molecule has 4 heteroatoms. The van der Waals surface area contributed by atoms with Crippen LogP contribution < -0.4 is 10.5 Å². The van der Waals surface area contributed by atoms with E-state index < -0.39 is 0 Å². The van der Waals surface area contributed by atoms with Crippen molar-refractivity contribution in [3.05, 3.63) is 22.7 Å². The van der Waals surface area contributed by atoms with Gasteiger partial charge in [0.15, 0.2) is 5.75 Å². The summed E-state index contributed by atoms with van der Waals surface area (Å²) in [6.07, 6.45) is 2.73. The van der Waals surface area contributed by atoms with Crippen LogP contribution in [0.3, 0.4) is 0 Å². The highest BCUT2D eigenvalue weighted by atomic mass is 79.9. The Morgan fingerprint density at radius 3 is 2.73 bits per heavy atom. The summed E-state index contributed by atoms with van der Waals surface area (Å²) in [4.78, 5) is 0. The van der Waals surface area contributed by atoms with Crippen LogP contribution in [0.4, 0.5) is 5.69 Å². The number of unbranched alkanes of at least 4 members (excludes halogenated alkanes) is 2. The van der Waals surface area contributed by atoms with Gasteiger partial charge in [0.2, 0.25) is 0 Å². The molecule has 0 aromatic heterocycles. The van der Waals surface area contributed by atoms with Gasteiger partial charge in [-0.15, -0.1) is 0 Å². The summed E-state index contributed by atoms with van der Waals surface area (Å²) in [5.41, 5.74) is 6.41. The average molecular weight is 274 g/mol. The molecule has 0 radical (unpaired) electrons. The van der Waals surface area contributed by atoms with Crippen molar-refractivity contribution < 1.29 is 9.84 Å². The van der Waals surface area contributed by atoms with Gasteiger partial charge < -0.3 is 15.6 Å². The molecule has 0 saturated heterocycles. The Balaban J connectivity index is 2.37. The van der Waals surface area contributed by atoms with Crippen LogP contribution in [0.2, 0.25) is 0 Å². The maximum Gasteiger partial charge on any atom is 0.156 e. The Labute approximate surface area is 98.4 Å². The molecule has 84 valence electrons. The van der Waals surface area contributed by atoms with Gasteiger partial charge in [-0.1, -0.05) is 6.07 Å². The topological polar surface area (TPSA) is 55.5 Å². The van der Waals surface area contributed by atoms with Crippen molar-refractivity contribution in [1.82, 2.24) is 0 Å². The second-order valence-corrected chi connectivity index (χ2v) is 4.15. The zero-order valence-electron chi connectivity index (χ0n) is 8.58. The molecule has 0 atom stereocenters. The van der Waals surface area contributed by atoms with E-state index in [4.69, 9.17) is 15.6 Å². The minimum Gasteiger partial charge on any atom is -0.490 e. The van der Waals surface area contributed by atoms with E-state index in [0.717, 1.165) is 23.7 Å². The van der Waals surface area contributed by atoms with Crippen molar-refractivity contribution >= 4 is 21.6 Å². The normalized spacial score (nSPS) is 10.3. The molecule has 0 spiro atoms. The molecular weight excluding hydrogens is 258 g/mol. The Hall–Kier alpha value is -0.740. The molecular formula is C11H16BrNO2. The summed E-state index contributed by atoms with van der Waals surface area (Å²) in [7, 11) is 0. The van der Waals surface area contributed by atoms with E-state index in [1.807, 2.05) is 18.2 Å². The zero-order valence-corrected chi connectivity index (χ0v) is 10.2. The molecule has 0 saturated carbocycles. The predicted molar refractivity (Wildman–Crippen MR) is 65.0 cm³/mol. The van der Waals surface area contributed by atoms with Gasteiger partial charge in [-0.05, 0) is 47.3 Å². The number of para-hydroxylation sites is 1. The van der Waals surface area contributed by atoms with Gasteiger partial charge in [0.1, 0.15) is 0 Å². The van der Waals surface area contributed by atoms with E-state index in [1.165, 1.54) is 0 Å². The maximum atomic E-state index is 8.60. The highest BCUT2D eigenvalue weighted by Crippen LogP contribution is 2.30. The lowest BCUT2D eigenvalue weighted by Gasteiger charge is -2.10. The zero-order chi connectivity index (χ0) is 11.1. The van der Waals surface area contributed by atoms with Crippen LogP contribution in [0.1, 0.15) is 19.3 Å². The number of hydrogen-bond acceptors (Lipinski definition) is 3. The smallest absolute Gasteiger partial charge is 0.156 e. The molecule has 3 nitrogen and oxygen atoms in total. The number of aliphatic hydroxyl groups excluding tert-OH is 1. The van der Waals surface area contributed by atoms with Crippen molar-refractivity contribution in [3.8, 4) is 5.75 Å². The number of hydrogen-bond donors (Lipinski definition) is 2. The predicted octanol–water partition coefficient (Wildman–Crippen LogP) is 2.57. The summed E-state index contributed by atoms with van der Waals surface area (Å²) in [6, 6.07) is 5.59. The van der Waals surface area contributed by atoms with Crippen LogP contribution in [0.5, 0.6) is 5.75 Å². The van der Waals surface area contributed by atoms with Crippen molar-refractivity contribution in [3.63, 3.8) is 0 Å². The van der Waals surface area contributed by atoms with E-state index >= 15 is 0 Å². The number of rotatable bonds is 6. The highest BCUT2D eigenvalue weighted by molar-refractivity contribution is 9.10. The van der Waals surface area contributed by atoms with Gasteiger partial charge >= 0.3 is 0 Å². The SMILES string of the molecule is Nc1cccc(Br)c1OCCCCCO. The quantitative estimate of drug-likeness (QED) is 0.619. The monoisotopic (exact) mass is 273 g/mol. The number of benzene rings is 1. The van der Waals surface area contributed by atoms with Crippen molar-refractivity contribution in [2.75, 3.05) is 18.9 Å². The second-order valence-electron chi connectivity index (χ2n) is 3.29. The first-order chi connectivity index (χ1) is 7.25. The van der Waals surface area contributed by atoms with Crippen LogP contribution in [-0.4, -0.2) is 18.3 Å². The number of anilines is 1. The maximum absolute atomic E-state index is 8.60. The standard InChI is InChI=1S/C11H16BrNO2/c12-9-5-4-6-10(13)11(9)15-8-3-1-2-7-14/h4-6,14H,1-3,7-8,13H2. The second kappa shape index (κ2) is 6.69. The molecule has 0 aliphatic carbocycles. The first-order valence-electron chi connectivity index (χ1n) is 5.03. The lowest BCUT2D eigenvalue weighted by Crippen LogP contribution is -2.01. The highest BCUT2D eigenvalue weighted by Gasteiger charge is 2.04. The number of aliphatic hydroxyl groups is 1. The number of halogens is 1. The minimum absolute atomic E-state index is 0.247. The molecule has 0 aliphatic heterocycles. The van der Waals surface area contributed by atoms with Gasteiger partial charge in [0.05, 0.1) is 16.8 Å². The summed E-state index contributed by atoms with van der Waals surface area (Å²) in [5.74, 6) is 0.710. The summed E-state index contributed by atoms with van der Waals surface area (Å²) in [5, 5.41) is 8.60. The fraction of sp³-hybridized carbons (Fsp3) is 0.455. The van der Waals surface area contributed by atoms with Crippen molar-refractivity contribution in [2.45, 2.75) is 19.3 Å². The molecule has 3 N–H and O–H groups in total. The first-order valence-corrected chi connectivity index (χ1v) is 5.82. The molecule has 0 bridgehead atoms.